The number of nitrogens with zero attached hydrogens (tertiary/aromatic N) is 3. The highest BCUT2D eigenvalue weighted by Gasteiger charge is 2.33. The molecule has 2 heterocycles. The summed E-state index contributed by atoms with van der Waals surface area (Å²) in [5, 5.41) is -0.338. The first-order valence-electron chi connectivity index (χ1n) is 11.1. The average molecular weight is 568 g/mol. The molecule has 0 aliphatic heterocycles. The Bertz CT molecular complexity index is 1530. The van der Waals surface area contributed by atoms with Gasteiger partial charge in [-0.05, 0) is 43.3 Å². The summed E-state index contributed by atoms with van der Waals surface area (Å²) in [7, 11) is -1.52. The fourth-order valence-electron chi connectivity index (χ4n) is 3.69. The maximum Gasteiger partial charge on any atom is 0.387 e. The molecule has 4 aromatic rings. The quantitative estimate of drug-likeness (QED) is 0.247. The number of hydrogen-bond donors (Lipinski definition) is 0. The molecule has 1 unspecified atom stereocenters. The minimum atomic E-state index is -4.35. The van der Waals surface area contributed by atoms with Gasteiger partial charge in [0.2, 0.25) is 0 Å². The number of aromatic nitrogens is 3. The topological polar surface area (TPSA) is 125 Å². The van der Waals surface area contributed by atoms with Gasteiger partial charge in [-0.2, -0.15) is 17.7 Å². The lowest BCUT2D eigenvalue weighted by Gasteiger charge is -2.15. The normalized spacial score (nSPS) is 12.5. The fourth-order valence-corrected chi connectivity index (χ4v) is 6.65. The zero-order valence-corrected chi connectivity index (χ0v) is 22.1. The largest absolute Gasteiger partial charge is 0.609 e. The van der Waals surface area contributed by atoms with Crippen molar-refractivity contribution in [2.24, 2.45) is 0 Å². The molecule has 10 nitrogen and oxygen atoms in total. The number of pyridine rings is 1. The molecule has 0 N–H and O–H groups in total. The SMILES string of the molecule is CCOc1ccc(S(=O)(=O)n2c([S+]([O-])Cc3nccc(OC)c3OC)nc3cc(OC(F)F)ccc32)cc1. The van der Waals surface area contributed by atoms with Crippen LogP contribution in [-0.4, -0.2) is 54.3 Å². The van der Waals surface area contributed by atoms with Gasteiger partial charge >= 0.3 is 11.8 Å². The van der Waals surface area contributed by atoms with E-state index in [1.165, 1.54) is 56.8 Å². The van der Waals surface area contributed by atoms with Gasteiger partial charge in [0.05, 0.1) is 36.8 Å². The van der Waals surface area contributed by atoms with Crippen LogP contribution in [0.5, 0.6) is 23.0 Å². The molecule has 0 bridgehead atoms. The summed E-state index contributed by atoms with van der Waals surface area (Å²) < 4.78 is 88.0. The zero-order chi connectivity index (χ0) is 27.4. The lowest BCUT2D eigenvalue weighted by atomic mass is 10.3. The Hall–Kier alpha value is -3.62. The molecule has 2 aromatic carbocycles. The van der Waals surface area contributed by atoms with E-state index in [1.807, 2.05) is 0 Å². The Morgan fingerprint density at radius 3 is 2.39 bits per heavy atom. The molecule has 14 heteroatoms. The van der Waals surface area contributed by atoms with Crippen molar-refractivity contribution >= 4 is 32.2 Å². The monoisotopic (exact) mass is 567 g/mol. The van der Waals surface area contributed by atoms with Crippen LogP contribution >= 0.6 is 0 Å². The van der Waals surface area contributed by atoms with Crippen LogP contribution in [0.1, 0.15) is 12.6 Å². The van der Waals surface area contributed by atoms with Gasteiger partial charge in [-0.15, -0.1) is 0 Å². The number of ether oxygens (including phenoxy) is 4. The third kappa shape index (κ3) is 5.47. The summed E-state index contributed by atoms with van der Waals surface area (Å²) >= 11 is -2.08. The predicted molar refractivity (Wildman–Crippen MR) is 134 cm³/mol. The van der Waals surface area contributed by atoms with Gasteiger partial charge in [0.25, 0.3) is 10.0 Å². The Morgan fingerprint density at radius 2 is 1.76 bits per heavy atom. The fraction of sp³-hybridized carbons (Fsp3) is 0.250. The first kappa shape index (κ1) is 27.4. The summed E-state index contributed by atoms with van der Waals surface area (Å²) in [4.78, 5) is 8.33. The van der Waals surface area contributed by atoms with Crippen molar-refractivity contribution in [2.45, 2.75) is 29.3 Å². The highest BCUT2D eigenvalue weighted by atomic mass is 32.2. The molecule has 0 radical (unpaired) electrons. The molecule has 0 spiro atoms. The molecule has 4 rings (SSSR count). The maximum atomic E-state index is 13.8. The van der Waals surface area contributed by atoms with Gasteiger partial charge < -0.3 is 23.5 Å². The molecule has 0 amide bonds. The van der Waals surface area contributed by atoms with Crippen molar-refractivity contribution in [1.29, 1.82) is 0 Å². The van der Waals surface area contributed by atoms with Crippen LogP contribution in [0.2, 0.25) is 0 Å². The summed E-state index contributed by atoms with van der Waals surface area (Å²) in [6.45, 7) is -0.906. The molecule has 0 saturated heterocycles. The van der Waals surface area contributed by atoms with E-state index in [0.717, 1.165) is 10.0 Å². The van der Waals surface area contributed by atoms with Crippen LogP contribution in [0.4, 0.5) is 8.78 Å². The molecule has 0 aliphatic carbocycles. The van der Waals surface area contributed by atoms with Crippen LogP contribution in [-0.2, 0) is 27.0 Å². The van der Waals surface area contributed by atoms with Crippen molar-refractivity contribution in [1.82, 2.24) is 13.9 Å². The first-order valence-corrected chi connectivity index (χ1v) is 13.9. The summed E-state index contributed by atoms with van der Waals surface area (Å²) in [6, 6.07) is 10.8. The zero-order valence-electron chi connectivity index (χ0n) is 20.5. The van der Waals surface area contributed by atoms with E-state index in [4.69, 9.17) is 14.2 Å². The number of benzene rings is 2. The van der Waals surface area contributed by atoms with E-state index >= 15 is 0 Å². The van der Waals surface area contributed by atoms with Crippen LogP contribution in [0.15, 0.2) is 64.8 Å². The van der Waals surface area contributed by atoms with Crippen molar-refractivity contribution in [3.63, 3.8) is 0 Å². The summed E-state index contributed by atoms with van der Waals surface area (Å²) in [5.41, 5.74) is 0.255. The number of fused-ring (bicyclic) bond motifs is 1. The van der Waals surface area contributed by atoms with Gasteiger partial charge in [0, 0.05) is 29.5 Å². The van der Waals surface area contributed by atoms with Gasteiger partial charge in [-0.25, -0.2) is 8.42 Å². The van der Waals surface area contributed by atoms with Crippen molar-refractivity contribution in [3.8, 4) is 23.0 Å². The number of rotatable bonds is 11. The smallest absolute Gasteiger partial charge is 0.387 e. The molecule has 202 valence electrons. The highest BCUT2D eigenvalue weighted by molar-refractivity contribution is 7.93. The first-order chi connectivity index (χ1) is 18.2. The molecule has 0 saturated carbocycles. The molecule has 2 aromatic heterocycles. The second-order valence-corrected chi connectivity index (χ2v) is 10.7. The van der Waals surface area contributed by atoms with Crippen LogP contribution in [0.3, 0.4) is 0 Å². The minimum Gasteiger partial charge on any atom is -0.609 e. The van der Waals surface area contributed by atoms with Gasteiger partial charge in [0.15, 0.2) is 17.3 Å². The summed E-state index contributed by atoms with van der Waals surface area (Å²) in [5.74, 6) is 0.537. The number of hydrogen-bond acceptors (Lipinski definition) is 9. The average Bonchev–Trinajstić information content (AvgIpc) is 3.28. The van der Waals surface area contributed by atoms with Crippen LogP contribution in [0, 0.1) is 0 Å². The lowest BCUT2D eigenvalue weighted by molar-refractivity contribution is -0.0497. The Kier molecular flexibility index (Phi) is 8.23. The Labute approximate surface area is 220 Å². The van der Waals surface area contributed by atoms with Gasteiger partial charge in [-0.1, -0.05) is 0 Å². The molecule has 1 atom stereocenters. The standard InChI is InChI=1S/C24H23F2N3O7S2/c1-4-35-15-5-8-17(9-6-15)38(31,32)29-20-10-7-16(36-23(25)26)13-18(20)28-24(29)37(30)14-19-22(34-3)21(33-2)11-12-27-19/h5-13,23H,4,14H2,1-3H3. The van der Waals surface area contributed by atoms with Crippen LogP contribution in [0.25, 0.3) is 11.0 Å². The lowest BCUT2D eigenvalue weighted by Crippen LogP contribution is -2.20. The number of alkyl halides is 2. The van der Waals surface area contributed by atoms with E-state index in [1.54, 1.807) is 13.0 Å². The van der Waals surface area contributed by atoms with E-state index in [-0.39, 0.29) is 44.0 Å². The molecule has 0 fully saturated rings. The molecule has 0 aliphatic rings. The number of methoxy groups -OCH3 is 2. The van der Waals surface area contributed by atoms with Gasteiger partial charge in [-0.3, -0.25) is 4.98 Å². The van der Waals surface area contributed by atoms with Crippen LogP contribution < -0.4 is 18.9 Å². The van der Waals surface area contributed by atoms with E-state index in [2.05, 4.69) is 14.7 Å². The Morgan fingerprint density at radius 1 is 1.05 bits per heavy atom. The maximum absolute atomic E-state index is 13.8. The van der Waals surface area contributed by atoms with E-state index in [9.17, 15) is 21.8 Å². The second kappa shape index (κ2) is 11.4. The third-order valence-corrected chi connectivity index (χ3v) is 8.34. The molecule has 38 heavy (non-hydrogen) atoms. The third-order valence-electron chi connectivity index (χ3n) is 5.29. The van der Waals surface area contributed by atoms with E-state index in [0.29, 0.717) is 18.1 Å². The number of halogens is 2. The second-order valence-electron chi connectivity index (χ2n) is 7.58. The van der Waals surface area contributed by atoms with Crippen molar-refractivity contribution in [2.75, 3.05) is 20.8 Å². The van der Waals surface area contributed by atoms with Crippen molar-refractivity contribution in [3.05, 3.63) is 60.4 Å². The Balaban J connectivity index is 1.85. The van der Waals surface area contributed by atoms with Crippen molar-refractivity contribution < 1.29 is 40.7 Å². The molecular formula is C24H23F2N3O7S2. The minimum absolute atomic E-state index is 0.00780. The van der Waals surface area contributed by atoms with E-state index < -0.39 is 27.8 Å². The molecular weight excluding hydrogens is 544 g/mol. The highest BCUT2D eigenvalue weighted by Crippen LogP contribution is 2.34. The van der Waals surface area contributed by atoms with Gasteiger partial charge in [0.1, 0.15) is 17.2 Å². The number of imidazole rings is 1. The summed E-state index contributed by atoms with van der Waals surface area (Å²) in [6.07, 6.45) is 1.43. The predicted octanol–water partition coefficient (Wildman–Crippen LogP) is 3.99.